The number of carbonyl (C=O) groups excluding carboxylic acids is 3. The predicted octanol–water partition coefficient (Wildman–Crippen LogP) is 4.03. The van der Waals surface area contributed by atoms with Crippen LogP contribution in [0, 0.1) is 17.8 Å². The highest BCUT2D eigenvalue weighted by molar-refractivity contribution is 8.02. The highest BCUT2D eigenvalue weighted by atomic mass is 35.5. The second-order valence-electron chi connectivity index (χ2n) is 9.89. The summed E-state index contributed by atoms with van der Waals surface area (Å²) < 4.78 is -0.750. The fraction of sp³-hybridized carbons (Fsp3) is 0.444. The molecule has 3 heterocycles. The monoisotopic (exact) mass is 527 g/mol. The Morgan fingerprint density at radius 1 is 1.11 bits per heavy atom. The molecule has 5 rings (SSSR count). The van der Waals surface area contributed by atoms with E-state index in [4.69, 9.17) is 11.6 Å². The van der Waals surface area contributed by atoms with Crippen LogP contribution in [0.4, 0.5) is 11.4 Å². The van der Waals surface area contributed by atoms with Gasteiger partial charge in [-0.1, -0.05) is 43.6 Å². The van der Waals surface area contributed by atoms with Crippen LogP contribution in [-0.2, 0) is 14.4 Å². The number of hydrogen-bond acceptors (Lipinski definition) is 5. The summed E-state index contributed by atoms with van der Waals surface area (Å²) in [6.07, 6.45) is 1.24. The van der Waals surface area contributed by atoms with Gasteiger partial charge in [0.1, 0.15) is 6.04 Å². The van der Waals surface area contributed by atoms with Gasteiger partial charge in [-0.25, -0.2) is 0 Å². The number of para-hydroxylation sites is 1. The van der Waals surface area contributed by atoms with Crippen LogP contribution >= 0.6 is 23.4 Å². The van der Waals surface area contributed by atoms with E-state index < -0.39 is 28.7 Å². The fourth-order valence-electron chi connectivity index (χ4n) is 6.36. The number of fused-ring (bicyclic) bond motifs is 1. The van der Waals surface area contributed by atoms with Gasteiger partial charge in [0.15, 0.2) is 0 Å². The Labute approximate surface area is 220 Å². The molecule has 9 heteroatoms. The molecule has 0 aromatic heterocycles. The number of hydrogen-bond donors (Lipinski definition) is 3. The van der Waals surface area contributed by atoms with Gasteiger partial charge in [0.25, 0.3) is 0 Å². The molecule has 0 aliphatic carbocycles. The predicted molar refractivity (Wildman–Crippen MR) is 142 cm³/mol. The Morgan fingerprint density at radius 3 is 2.39 bits per heavy atom. The Morgan fingerprint density at radius 2 is 1.75 bits per heavy atom. The normalized spacial score (nSPS) is 31.3. The molecule has 3 saturated heterocycles. The van der Waals surface area contributed by atoms with Crippen molar-refractivity contribution in [2.24, 2.45) is 17.8 Å². The van der Waals surface area contributed by atoms with E-state index in [9.17, 15) is 19.5 Å². The Balaban J connectivity index is 1.53. The molecule has 36 heavy (non-hydrogen) atoms. The molecule has 3 N–H and O–H groups in total. The number of likely N-dealkylation sites (tertiary alicyclic amines) is 1. The number of thioether (sulfide) groups is 1. The van der Waals surface area contributed by atoms with Crippen molar-refractivity contribution in [3.8, 4) is 0 Å². The third-order valence-electron chi connectivity index (χ3n) is 7.96. The lowest BCUT2D eigenvalue weighted by Crippen LogP contribution is -2.56. The summed E-state index contributed by atoms with van der Waals surface area (Å²) in [6, 6.07) is 14.7. The standard InChI is InChI=1S/C27H30ClN3O4S/c1-3-19(14-32)31-23(25(34)30-18-11-9-16(28)10-12-18)27-15(2)13-20(36-27)21(22(27)26(31)35)24(33)29-17-7-5-4-6-8-17/h4-12,15,19-23,32H,3,13-14H2,1-2H3,(H,29,33)(H,30,34)/t15?,19-,20+,21-,22-,23?,27?/m0/s1. The first-order valence-corrected chi connectivity index (χ1v) is 13.6. The van der Waals surface area contributed by atoms with Crippen LogP contribution in [0.2, 0.25) is 5.02 Å². The molecule has 2 aromatic rings. The Kier molecular flexibility index (Phi) is 6.78. The van der Waals surface area contributed by atoms with E-state index in [0.717, 1.165) is 6.42 Å². The van der Waals surface area contributed by atoms with E-state index in [2.05, 4.69) is 17.6 Å². The lowest BCUT2D eigenvalue weighted by Gasteiger charge is -2.40. The molecule has 0 saturated carbocycles. The van der Waals surface area contributed by atoms with E-state index in [1.54, 1.807) is 40.9 Å². The number of anilines is 2. The lowest BCUT2D eigenvalue weighted by molar-refractivity contribution is -0.141. The van der Waals surface area contributed by atoms with Crippen molar-refractivity contribution in [1.82, 2.24) is 4.90 Å². The molecule has 1 spiro atoms. The van der Waals surface area contributed by atoms with Crippen LogP contribution in [0.5, 0.6) is 0 Å². The number of aliphatic hydroxyl groups is 1. The van der Waals surface area contributed by atoms with Crippen LogP contribution < -0.4 is 10.6 Å². The summed E-state index contributed by atoms with van der Waals surface area (Å²) in [5.41, 5.74) is 1.26. The summed E-state index contributed by atoms with van der Waals surface area (Å²) >= 11 is 7.62. The molecular formula is C27H30ClN3O4S. The molecule has 3 aliphatic rings. The molecule has 3 aliphatic heterocycles. The van der Waals surface area contributed by atoms with Gasteiger partial charge in [-0.3, -0.25) is 14.4 Å². The number of aliphatic hydroxyl groups excluding tert-OH is 1. The Hall–Kier alpha value is -2.55. The van der Waals surface area contributed by atoms with Crippen molar-refractivity contribution in [2.45, 2.75) is 48.8 Å². The fourth-order valence-corrected chi connectivity index (χ4v) is 8.89. The maximum atomic E-state index is 14.1. The molecule has 7 nitrogen and oxygen atoms in total. The van der Waals surface area contributed by atoms with Gasteiger partial charge in [0.05, 0.1) is 29.2 Å². The van der Waals surface area contributed by atoms with E-state index in [-0.39, 0.29) is 35.5 Å². The minimum absolute atomic E-state index is 0.0457. The topological polar surface area (TPSA) is 98.7 Å². The van der Waals surface area contributed by atoms with Gasteiger partial charge in [-0.05, 0) is 55.2 Å². The first-order valence-electron chi connectivity index (χ1n) is 12.3. The highest BCUT2D eigenvalue weighted by Gasteiger charge is 2.76. The average molecular weight is 528 g/mol. The first-order chi connectivity index (χ1) is 17.3. The zero-order valence-electron chi connectivity index (χ0n) is 20.2. The van der Waals surface area contributed by atoms with E-state index in [0.29, 0.717) is 22.8 Å². The third kappa shape index (κ3) is 3.90. The molecule has 0 radical (unpaired) electrons. The van der Waals surface area contributed by atoms with Crippen LogP contribution in [0.1, 0.15) is 26.7 Å². The number of nitrogens with one attached hydrogen (secondary N) is 2. The zero-order chi connectivity index (χ0) is 25.6. The molecule has 2 bridgehead atoms. The van der Waals surface area contributed by atoms with Gasteiger partial charge < -0.3 is 20.6 Å². The van der Waals surface area contributed by atoms with Crippen molar-refractivity contribution in [3.63, 3.8) is 0 Å². The summed E-state index contributed by atoms with van der Waals surface area (Å²) in [5, 5.41) is 16.6. The Bertz CT molecular complexity index is 1160. The average Bonchev–Trinajstić information content (AvgIpc) is 3.46. The van der Waals surface area contributed by atoms with Gasteiger partial charge in [0.2, 0.25) is 17.7 Å². The second-order valence-corrected chi connectivity index (χ2v) is 11.9. The summed E-state index contributed by atoms with van der Waals surface area (Å²) in [5.74, 6) is -1.86. The number of rotatable bonds is 7. The van der Waals surface area contributed by atoms with Crippen LogP contribution in [0.15, 0.2) is 54.6 Å². The molecule has 3 unspecified atom stereocenters. The minimum Gasteiger partial charge on any atom is -0.394 e. The molecule has 3 amide bonds. The minimum atomic E-state index is -0.803. The molecule has 7 atom stereocenters. The number of halogens is 1. The van der Waals surface area contributed by atoms with Crippen LogP contribution in [0.25, 0.3) is 0 Å². The molecule has 190 valence electrons. The summed E-state index contributed by atoms with van der Waals surface area (Å²) in [6.45, 7) is 3.71. The van der Waals surface area contributed by atoms with Crippen molar-refractivity contribution >= 4 is 52.5 Å². The van der Waals surface area contributed by atoms with E-state index in [1.807, 2.05) is 37.3 Å². The molecule has 2 aromatic carbocycles. The van der Waals surface area contributed by atoms with Crippen molar-refractivity contribution in [2.75, 3.05) is 17.2 Å². The number of carbonyl (C=O) groups is 3. The quantitative estimate of drug-likeness (QED) is 0.505. The van der Waals surface area contributed by atoms with Crippen molar-refractivity contribution in [3.05, 3.63) is 59.6 Å². The maximum Gasteiger partial charge on any atom is 0.248 e. The van der Waals surface area contributed by atoms with Gasteiger partial charge in [0, 0.05) is 21.6 Å². The van der Waals surface area contributed by atoms with Gasteiger partial charge in [-0.15, -0.1) is 11.8 Å². The molecule has 3 fully saturated rings. The van der Waals surface area contributed by atoms with Crippen molar-refractivity contribution in [1.29, 1.82) is 0 Å². The van der Waals surface area contributed by atoms with E-state index >= 15 is 0 Å². The first kappa shape index (κ1) is 25.1. The molecular weight excluding hydrogens is 498 g/mol. The zero-order valence-corrected chi connectivity index (χ0v) is 21.8. The van der Waals surface area contributed by atoms with Crippen LogP contribution in [0.3, 0.4) is 0 Å². The summed E-state index contributed by atoms with van der Waals surface area (Å²) in [7, 11) is 0. The van der Waals surface area contributed by atoms with Crippen LogP contribution in [-0.4, -0.2) is 56.4 Å². The SMILES string of the molecule is CC[C@@H](CO)N1C(=O)[C@@H]2[C@@H](C(=O)Nc3ccccc3)[C@H]3CC(C)C2(S3)C1C(=O)Nc1ccc(Cl)cc1. The second kappa shape index (κ2) is 9.72. The van der Waals surface area contributed by atoms with Gasteiger partial charge >= 0.3 is 0 Å². The lowest BCUT2D eigenvalue weighted by atomic mass is 9.66. The highest BCUT2D eigenvalue weighted by Crippen LogP contribution is 2.69. The smallest absolute Gasteiger partial charge is 0.248 e. The maximum absolute atomic E-state index is 14.1. The van der Waals surface area contributed by atoms with Gasteiger partial charge in [-0.2, -0.15) is 0 Å². The number of amides is 3. The number of nitrogens with zero attached hydrogens (tertiary/aromatic N) is 1. The number of benzene rings is 2. The van der Waals surface area contributed by atoms with Crippen molar-refractivity contribution < 1.29 is 19.5 Å². The van der Waals surface area contributed by atoms with E-state index in [1.165, 1.54) is 0 Å². The largest absolute Gasteiger partial charge is 0.394 e. The third-order valence-corrected chi connectivity index (χ3v) is 10.3. The summed E-state index contributed by atoms with van der Waals surface area (Å²) in [4.78, 5) is 43.1.